The van der Waals surface area contributed by atoms with Crippen LogP contribution in [0, 0.1) is 23.0 Å². The minimum atomic E-state index is -0.939. The van der Waals surface area contributed by atoms with E-state index in [9.17, 15) is 19.7 Å². The number of nitrogens with zero attached hydrogens (tertiary/aromatic N) is 2. The monoisotopic (exact) mass is 292 g/mol. The zero-order valence-electron chi connectivity index (χ0n) is 11.6. The third-order valence-electron chi connectivity index (χ3n) is 3.64. The molecule has 1 unspecified atom stereocenters. The van der Waals surface area contributed by atoms with Crippen molar-refractivity contribution in [2.75, 3.05) is 13.1 Å². The molecule has 2 rings (SSSR count). The van der Waals surface area contributed by atoms with Gasteiger partial charge in [-0.25, -0.2) is 0 Å². The van der Waals surface area contributed by atoms with Crippen LogP contribution in [0.15, 0.2) is 18.2 Å². The first-order chi connectivity index (χ1) is 9.90. The molecule has 1 aliphatic rings. The molecule has 1 aromatic carbocycles. The quantitative estimate of drug-likeness (QED) is 0.676. The molecule has 0 aliphatic carbocycles. The smallest absolute Gasteiger partial charge is 0.308 e. The van der Waals surface area contributed by atoms with Gasteiger partial charge in [0, 0.05) is 19.2 Å². The van der Waals surface area contributed by atoms with E-state index in [1.54, 1.807) is 13.0 Å². The van der Waals surface area contributed by atoms with Crippen molar-refractivity contribution in [1.29, 1.82) is 0 Å². The van der Waals surface area contributed by atoms with Crippen molar-refractivity contribution in [3.63, 3.8) is 0 Å². The zero-order chi connectivity index (χ0) is 15.6. The van der Waals surface area contributed by atoms with Crippen molar-refractivity contribution in [2.45, 2.75) is 19.8 Å². The van der Waals surface area contributed by atoms with Crippen LogP contribution in [-0.4, -0.2) is 39.9 Å². The molecule has 0 spiro atoms. The van der Waals surface area contributed by atoms with E-state index >= 15 is 0 Å². The Morgan fingerprint density at radius 3 is 2.76 bits per heavy atom. The molecule has 1 saturated heterocycles. The summed E-state index contributed by atoms with van der Waals surface area (Å²) >= 11 is 0. The summed E-state index contributed by atoms with van der Waals surface area (Å²) in [5.41, 5.74) is 0.518. The Kier molecular flexibility index (Phi) is 4.21. The molecule has 1 aliphatic heterocycles. The Morgan fingerprint density at radius 2 is 2.14 bits per heavy atom. The highest BCUT2D eigenvalue weighted by atomic mass is 16.6. The highest BCUT2D eigenvalue weighted by Crippen LogP contribution is 2.24. The summed E-state index contributed by atoms with van der Waals surface area (Å²) in [6.07, 6.45) is 1.11. The van der Waals surface area contributed by atoms with Crippen molar-refractivity contribution in [3.8, 4) is 0 Å². The third-order valence-corrected chi connectivity index (χ3v) is 3.64. The molecule has 21 heavy (non-hydrogen) atoms. The molecule has 1 N–H and O–H groups in total. The van der Waals surface area contributed by atoms with Crippen LogP contribution in [0.5, 0.6) is 0 Å². The van der Waals surface area contributed by atoms with Crippen LogP contribution >= 0.6 is 0 Å². The molecular formula is C14H16N2O5. The number of piperidine rings is 1. The molecule has 0 saturated carbocycles. The van der Waals surface area contributed by atoms with Crippen molar-refractivity contribution in [1.82, 2.24) is 4.90 Å². The van der Waals surface area contributed by atoms with Crippen LogP contribution in [0.3, 0.4) is 0 Å². The number of hydrogen-bond donors (Lipinski definition) is 1. The number of carboxylic acids is 1. The van der Waals surface area contributed by atoms with Crippen molar-refractivity contribution >= 4 is 17.6 Å². The Morgan fingerprint density at radius 1 is 1.43 bits per heavy atom. The Bertz CT molecular complexity index is 599. The fraction of sp³-hybridized carbons (Fsp3) is 0.429. The minimum Gasteiger partial charge on any atom is -0.481 e. The average molecular weight is 292 g/mol. The number of rotatable bonds is 3. The van der Waals surface area contributed by atoms with E-state index in [0.29, 0.717) is 19.4 Å². The third kappa shape index (κ3) is 3.18. The lowest BCUT2D eigenvalue weighted by molar-refractivity contribution is -0.385. The summed E-state index contributed by atoms with van der Waals surface area (Å²) in [6, 6.07) is 4.36. The number of nitro groups is 1. The Hall–Kier alpha value is -2.44. The number of amides is 1. The van der Waals surface area contributed by atoms with Gasteiger partial charge < -0.3 is 10.0 Å². The fourth-order valence-electron chi connectivity index (χ4n) is 2.51. The van der Waals surface area contributed by atoms with Crippen LogP contribution < -0.4 is 0 Å². The maximum absolute atomic E-state index is 12.5. The van der Waals surface area contributed by atoms with Gasteiger partial charge in [0.2, 0.25) is 0 Å². The molecule has 1 amide bonds. The van der Waals surface area contributed by atoms with E-state index in [4.69, 9.17) is 5.11 Å². The average Bonchev–Trinajstić information content (AvgIpc) is 2.46. The van der Waals surface area contributed by atoms with E-state index in [2.05, 4.69) is 0 Å². The van der Waals surface area contributed by atoms with Crippen LogP contribution in [0.2, 0.25) is 0 Å². The summed E-state index contributed by atoms with van der Waals surface area (Å²) in [7, 11) is 0. The second kappa shape index (κ2) is 5.90. The number of carbonyl (C=O) groups is 2. The molecule has 1 heterocycles. The fourth-order valence-corrected chi connectivity index (χ4v) is 2.51. The largest absolute Gasteiger partial charge is 0.481 e. The van der Waals surface area contributed by atoms with Gasteiger partial charge in [-0.3, -0.25) is 19.7 Å². The number of nitro benzene ring substituents is 1. The normalized spacial score (nSPS) is 18.3. The molecule has 1 atom stereocenters. The zero-order valence-corrected chi connectivity index (χ0v) is 11.6. The van der Waals surface area contributed by atoms with Gasteiger partial charge >= 0.3 is 5.97 Å². The Balaban J connectivity index is 2.29. The van der Waals surface area contributed by atoms with E-state index in [-0.39, 0.29) is 17.8 Å². The van der Waals surface area contributed by atoms with E-state index < -0.39 is 22.7 Å². The maximum atomic E-state index is 12.5. The predicted molar refractivity (Wildman–Crippen MR) is 74.1 cm³/mol. The summed E-state index contributed by atoms with van der Waals surface area (Å²) in [5.74, 6) is -2.02. The van der Waals surface area contributed by atoms with Crippen LogP contribution in [0.4, 0.5) is 5.69 Å². The number of carboxylic acid groups (broad SMARTS) is 1. The first-order valence-electron chi connectivity index (χ1n) is 6.67. The lowest BCUT2D eigenvalue weighted by atomic mass is 9.97. The van der Waals surface area contributed by atoms with E-state index in [1.807, 2.05) is 0 Å². The van der Waals surface area contributed by atoms with Crippen LogP contribution in [-0.2, 0) is 4.79 Å². The SMILES string of the molecule is Cc1ccc([N+](=O)[O-])c(C(=O)N2CCCC(C(=O)O)C2)c1. The van der Waals surface area contributed by atoms with E-state index in [1.165, 1.54) is 17.0 Å². The van der Waals surface area contributed by atoms with Gasteiger partial charge in [-0.2, -0.15) is 0 Å². The van der Waals surface area contributed by atoms with Gasteiger partial charge in [0.15, 0.2) is 0 Å². The second-order valence-corrected chi connectivity index (χ2v) is 5.21. The molecule has 7 nitrogen and oxygen atoms in total. The number of carbonyl (C=O) groups excluding carboxylic acids is 1. The van der Waals surface area contributed by atoms with E-state index in [0.717, 1.165) is 5.56 Å². The number of aliphatic carboxylic acids is 1. The molecule has 0 bridgehead atoms. The maximum Gasteiger partial charge on any atom is 0.308 e. The van der Waals surface area contributed by atoms with Gasteiger partial charge in [0.1, 0.15) is 5.56 Å². The molecule has 0 aromatic heterocycles. The molecule has 112 valence electrons. The van der Waals surface area contributed by atoms with Gasteiger partial charge in [0.05, 0.1) is 10.8 Å². The van der Waals surface area contributed by atoms with Crippen molar-refractivity contribution in [2.24, 2.45) is 5.92 Å². The first-order valence-corrected chi connectivity index (χ1v) is 6.67. The topological polar surface area (TPSA) is 101 Å². The molecular weight excluding hydrogens is 276 g/mol. The summed E-state index contributed by atoms with van der Waals surface area (Å²) in [4.78, 5) is 35.4. The Labute approximate surface area is 121 Å². The summed E-state index contributed by atoms with van der Waals surface area (Å²) in [5, 5.41) is 20.1. The lowest BCUT2D eigenvalue weighted by Crippen LogP contribution is -2.42. The molecule has 1 fully saturated rings. The first kappa shape index (κ1) is 15.0. The second-order valence-electron chi connectivity index (χ2n) is 5.21. The number of hydrogen-bond acceptors (Lipinski definition) is 4. The number of aryl methyl sites for hydroxylation is 1. The van der Waals surface area contributed by atoms with Gasteiger partial charge in [0.25, 0.3) is 11.6 Å². The van der Waals surface area contributed by atoms with Crippen LogP contribution in [0.1, 0.15) is 28.8 Å². The highest BCUT2D eigenvalue weighted by molar-refractivity contribution is 5.98. The van der Waals surface area contributed by atoms with Crippen LogP contribution in [0.25, 0.3) is 0 Å². The highest BCUT2D eigenvalue weighted by Gasteiger charge is 2.31. The van der Waals surface area contributed by atoms with Gasteiger partial charge in [-0.05, 0) is 31.4 Å². The van der Waals surface area contributed by atoms with Crippen molar-refractivity contribution in [3.05, 3.63) is 39.4 Å². The summed E-state index contributed by atoms with van der Waals surface area (Å²) < 4.78 is 0. The summed E-state index contributed by atoms with van der Waals surface area (Å²) in [6.45, 7) is 2.27. The van der Waals surface area contributed by atoms with Gasteiger partial charge in [-0.1, -0.05) is 6.07 Å². The molecule has 7 heteroatoms. The van der Waals surface area contributed by atoms with Crippen molar-refractivity contribution < 1.29 is 19.6 Å². The number of likely N-dealkylation sites (tertiary alicyclic amines) is 1. The van der Waals surface area contributed by atoms with Gasteiger partial charge in [-0.15, -0.1) is 0 Å². The molecule has 1 aromatic rings. The predicted octanol–water partition coefficient (Wildman–Crippen LogP) is 1.84. The standard InChI is InChI=1S/C14H16N2O5/c1-9-4-5-12(16(20)21)11(7-9)13(17)15-6-2-3-10(8-15)14(18)19/h4-5,7,10H,2-3,6,8H2,1H3,(H,18,19). The molecule has 0 radical (unpaired) electrons. The lowest BCUT2D eigenvalue weighted by Gasteiger charge is -2.30. The minimum absolute atomic E-state index is 0.0195. The number of benzene rings is 1.